The highest BCUT2D eigenvalue weighted by Gasteiger charge is 2.24. The van der Waals surface area contributed by atoms with Gasteiger partial charge in [0, 0.05) is 11.9 Å². The smallest absolute Gasteiger partial charge is 0.279 e. The molecule has 1 heterocycles. The fourth-order valence-corrected chi connectivity index (χ4v) is 4.32. The van der Waals surface area contributed by atoms with Crippen LogP contribution < -0.4 is 10.2 Å². The largest absolute Gasteiger partial charge is 0.327 e. The Bertz CT molecular complexity index is 873. The van der Waals surface area contributed by atoms with E-state index in [1.54, 1.807) is 12.1 Å². The zero-order chi connectivity index (χ0) is 19.3. The topological polar surface area (TPSA) is 67.7 Å². The molecule has 0 radical (unpaired) electrons. The predicted molar refractivity (Wildman–Crippen MR) is 107 cm³/mol. The van der Waals surface area contributed by atoms with Crippen molar-refractivity contribution in [2.75, 3.05) is 31.2 Å². The summed E-state index contributed by atoms with van der Waals surface area (Å²) in [5.41, 5.74) is 1.91. The lowest BCUT2D eigenvalue weighted by atomic mass is 9.90. The van der Waals surface area contributed by atoms with Crippen molar-refractivity contribution in [2.24, 2.45) is 5.92 Å². The summed E-state index contributed by atoms with van der Waals surface area (Å²) in [7, 11) is -3.28. The van der Waals surface area contributed by atoms with E-state index >= 15 is 0 Å². The van der Waals surface area contributed by atoms with Crippen LogP contribution in [0.5, 0.6) is 0 Å². The van der Waals surface area contributed by atoms with Crippen LogP contribution in [-0.2, 0) is 21.1 Å². The Balaban J connectivity index is 1.47. The van der Waals surface area contributed by atoms with Crippen molar-refractivity contribution < 1.29 is 18.1 Å². The van der Waals surface area contributed by atoms with Crippen LogP contribution in [0.15, 0.2) is 59.5 Å². The Morgan fingerprint density at radius 2 is 1.78 bits per heavy atom. The Morgan fingerprint density at radius 3 is 2.44 bits per heavy atom. The first kappa shape index (κ1) is 19.6. The first-order valence-corrected chi connectivity index (χ1v) is 11.3. The molecule has 1 aliphatic rings. The van der Waals surface area contributed by atoms with E-state index in [0.29, 0.717) is 18.2 Å². The quantitative estimate of drug-likeness (QED) is 0.791. The van der Waals surface area contributed by atoms with Gasteiger partial charge in [0.25, 0.3) is 5.91 Å². The lowest BCUT2D eigenvalue weighted by Crippen LogP contribution is -3.14. The van der Waals surface area contributed by atoms with Gasteiger partial charge in [-0.05, 0) is 48.9 Å². The minimum atomic E-state index is -3.28. The molecule has 27 heavy (non-hydrogen) atoms. The third-order valence-electron chi connectivity index (χ3n) is 5.14. The number of nitrogens with one attached hydrogen (secondary N) is 2. The highest BCUT2D eigenvalue weighted by atomic mass is 32.2. The molecule has 2 aromatic carbocycles. The average Bonchev–Trinajstić information content (AvgIpc) is 2.64. The molecule has 0 spiro atoms. The number of amides is 1. The van der Waals surface area contributed by atoms with Crippen molar-refractivity contribution in [3.63, 3.8) is 0 Å². The Labute approximate surface area is 161 Å². The van der Waals surface area contributed by atoms with Crippen LogP contribution in [0.4, 0.5) is 5.69 Å². The van der Waals surface area contributed by atoms with Crippen LogP contribution in [0.1, 0.15) is 18.4 Å². The molecule has 0 aromatic heterocycles. The summed E-state index contributed by atoms with van der Waals surface area (Å²) in [6.07, 6.45) is 4.53. The van der Waals surface area contributed by atoms with E-state index in [-0.39, 0.29) is 10.8 Å². The van der Waals surface area contributed by atoms with Crippen molar-refractivity contribution in [1.29, 1.82) is 0 Å². The number of likely N-dealkylation sites (tertiary alicyclic amines) is 1. The summed E-state index contributed by atoms with van der Waals surface area (Å²) in [4.78, 5) is 13.8. The number of piperidine rings is 1. The molecular formula is C21H27N2O3S+. The fourth-order valence-electron chi connectivity index (χ4n) is 3.65. The number of anilines is 1. The van der Waals surface area contributed by atoms with Gasteiger partial charge in [-0.15, -0.1) is 0 Å². The molecule has 5 nitrogen and oxygen atoms in total. The maximum Gasteiger partial charge on any atom is 0.279 e. The van der Waals surface area contributed by atoms with E-state index in [2.05, 4.69) is 29.6 Å². The summed E-state index contributed by atoms with van der Waals surface area (Å²) in [5, 5.41) is 2.83. The summed E-state index contributed by atoms with van der Waals surface area (Å²) < 4.78 is 23.3. The first-order valence-electron chi connectivity index (χ1n) is 9.37. The van der Waals surface area contributed by atoms with E-state index in [9.17, 15) is 13.2 Å². The molecule has 0 aliphatic carbocycles. The maximum absolute atomic E-state index is 12.3. The molecule has 0 bridgehead atoms. The van der Waals surface area contributed by atoms with Gasteiger partial charge >= 0.3 is 0 Å². The molecular weight excluding hydrogens is 360 g/mol. The van der Waals surface area contributed by atoms with E-state index in [1.807, 2.05) is 6.07 Å². The fraction of sp³-hybridized carbons (Fsp3) is 0.381. The highest BCUT2D eigenvalue weighted by molar-refractivity contribution is 7.90. The number of hydrogen-bond acceptors (Lipinski definition) is 3. The Kier molecular flexibility index (Phi) is 6.29. The van der Waals surface area contributed by atoms with Gasteiger partial charge in [-0.3, -0.25) is 4.79 Å². The predicted octanol–water partition coefficient (Wildman–Crippen LogP) is 1.57. The summed E-state index contributed by atoms with van der Waals surface area (Å²) >= 11 is 0. The van der Waals surface area contributed by atoms with E-state index < -0.39 is 9.84 Å². The third-order valence-corrected chi connectivity index (χ3v) is 6.25. The Hall–Kier alpha value is -2.18. The molecule has 1 amide bonds. The Morgan fingerprint density at radius 1 is 1.07 bits per heavy atom. The maximum atomic E-state index is 12.3. The zero-order valence-corrected chi connectivity index (χ0v) is 16.5. The van der Waals surface area contributed by atoms with Gasteiger partial charge in [-0.1, -0.05) is 36.4 Å². The highest BCUT2D eigenvalue weighted by Crippen LogP contribution is 2.17. The number of carbonyl (C=O) groups excluding carboxylic acids is 1. The van der Waals surface area contributed by atoms with Crippen molar-refractivity contribution in [1.82, 2.24) is 0 Å². The molecule has 1 saturated heterocycles. The van der Waals surface area contributed by atoms with Crippen LogP contribution in [0.3, 0.4) is 0 Å². The van der Waals surface area contributed by atoms with Gasteiger partial charge in [0.05, 0.1) is 18.0 Å². The minimum Gasteiger partial charge on any atom is -0.327 e. The van der Waals surface area contributed by atoms with Crippen LogP contribution in [0, 0.1) is 5.92 Å². The number of quaternary nitrogens is 1. The molecule has 3 rings (SSSR count). The number of hydrogen-bond donors (Lipinski definition) is 2. The monoisotopic (exact) mass is 387 g/mol. The average molecular weight is 388 g/mol. The van der Waals surface area contributed by atoms with Crippen molar-refractivity contribution in [3.05, 3.63) is 60.2 Å². The number of sulfone groups is 1. The van der Waals surface area contributed by atoms with E-state index in [0.717, 1.165) is 38.6 Å². The standard InChI is InChI=1S/C21H26N2O3S/c1-27(25,26)20-9-5-8-19(15-20)22-21(24)16-23-12-10-18(11-13-23)14-17-6-3-2-4-7-17/h2-9,15,18H,10-14,16H2,1H3,(H,22,24)/p+1. The third kappa shape index (κ3) is 5.91. The van der Waals surface area contributed by atoms with E-state index in [4.69, 9.17) is 0 Å². The molecule has 1 fully saturated rings. The molecule has 144 valence electrons. The minimum absolute atomic E-state index is 0.0721. The second kappa shape index (κ2) is 8.67. The van der Waals surface area contributed by atoms with Crippen LogP contribution in [-0.4, -0.2) is 40.2 Å². The summed E-state index contributed by atoms with van der Waals surface area (Å²) in [6.45, 7) is 2.41. The summed E-state index contributed by atoms with van der Waals surface area (Å²) in [6, 6.07) is 17.0. The lowest BCUT2D eigenvalue weighted by molar-refractivity contribution is -0.898. The van der Waals surface area contributed by atoms with Crippen LogP contribution >= 0.6 is 0 Å². The lowest BCUT2D eigenvalue weighted by Gasteiger charge is -2.29. The first-order chi connectivity index (χ1) is 12.9. The van der Waals surface area contributed by atoms with Crippen molar-refractivity contribution in [3.8, 4) is 0 Å². The zero-order valence-electron chi connectivity index (χ0n) is 15.6. The van der Waals surface area contributed by atoms with Gasteiger partial charge in [0.2, 0.25) is 0 Å². The molecule has 0 unspecified atom stereocenters. The summed E-state index contributed by atoms with van der Waals surface area (Å²) in [5.74, 6) is 0.614. The molecule has 0 saturated carbocycles. The van der Waals surface area contributed by atoms with Crippen molar-refractivity contribution in [2.45, 2.75) is 24.2 Å². The normalized spacial score (nSPS) is 20.2. The molecule has 6 heteroatoms. The van der Waals surface area contributed by atoms with Crippen LogP contribution in [0.2, 0.25) is 0 Å². The number of benzene rings is 2. The SMILES string of the molecule is CS(=O)(=O)c1cccc(NC(=O)C[NH+]2CCC(Cc3ccccc3)CC2)c1. The van der Waals surface area contributed by atoms with E-state index in [1.165, 1.54) is 22.6 Å². The van der Waals surface area contributed by atoms with Gasteiger partial charge in [-0.2, -0.15) is 0 Å². The van der Waals surface area contributed by atoms with Crippen LogP contribution in [0.25, 0.3) is 0 Å². The number of rotatable bonds is 6. The van der Waals surface area contributed by atoms with Crippen molar-refractivity contribution >= 4 is 21.4 Å². The molecule has 2 N–H and O–H groups in total. The molecule has 0 atom stereocenters. The van der Waals surface area contributed by atoms with Gasteiger partial charge < -0.3 is 10.2 Å². The van der Waals surface area contributed by atoms with Gasteiger partial charge in [0.15, 0.2) is 16.4 Å². The number of carbonyl (C=O) groups is 1. The van der Waals surface area contributed by atoms with Gasteiger partial charge in [-0.25, -0.2) is 8.42 Å². The van der Waals surface area contributed by atoms with Gasteiger partial charge in [0.1, 0.15) is 0 Å². The molecule has 2 aromatic rings. The molecule has 1 aliphatic heterocycles. The second-order valence-electron chi connectivity index (χ2n) is 7.41. The second-order valence-corrected chi connectivity index (χ2v) is 9.42.